The summed E-state index contributed by atoms with van der Waals surface area (Å²) in [6.07, 6.45) is 2.57. The number of nitrogens with one attached hydrogen (secondary N) is 1. The minimum Gasteiger partial charge on any atom is -0.493 e. The molecule has 3 rings (SSSR count). The van der Waals surface area contributed by atoms with E-state index in [1.54, 1.807) is 32.4 Å². The number of likely N-dealkylation sites (tertiary alicyclic amines) is 1. The normalized spacial score (nSPS) is 14.0. The van der Waals surface area contributed by atoms with Gasteiger partial charge in [0.2, 0.25) is 5.91 Å². The maximum atomic E-state index is 12.8. The van der Waals surface area contributed by atoms with Crippen LogP contribution in [0.2, 0.25) is 0 Å². The highest BCUT2D eigenvalue weighted by atomic mass is 16.5. The van der Waals surface area contributed by atoms with E-state index in [0.717, 1.165) is 24.2 Å². The van der Waals surface area contributed by atoms with E-state index < -0.39 is 0 Å². The highest BCUT2D eigenvalue weighted by Gasteiger charge is 2.25. The lowest BCUT2D eigenvalue weighted by molar-refractivity contribution is -0.122. The number of nitrogens with zero attached hydrogens (tertiary/aromatic N) is 1. The van der Waals surface area contributed by atoms with Gasteiger partial charge in [0.1, 0.15) is 5.75 Å². The molecule has 32 heavy (non-hydrogen) atoms. The monoisotopic (exact) mass is 440 g/mol. The summed E-state index contributed by atoms with van der Waals surface area (Å²) in [5.74, 6) is 1.98. The molecule has 0 atom stereocenters. The van der Waals surface area contributed by atoms with Gasteiger partial charge in [-0.3, -0.25) is 9.59 Å². The Kier molecular flexibility index (Phi) is 8.36. The number of ether oxygens (including phenoxy) is 3. The first-order valence-electron chi connectivity index (χ1n) is 11.0. The average molecular weight is 441 g/mol. The van der Waals surface area contributed by atoms with Gasteiger partial charge in [-0.2, -0.15) is 0 Å². The SMILES string of the molecule is COc1ccc(C(=O)N2CCC(NC(=O)CCCOc3ccccc3C)CC2)cc1OC. The van der Waals surface area contributed by atoms with Gasteiger partial charge in [-0.25, -0.2) is 0 Å². The maximum absolute atomic E-state index is 12.8. The molecule has 1 aliphatic rings. The number of amides is 2. The molecular weight excluding hydrogens is 408 g/mol. The topological polar surface area (TPSA) is 77.1 Å². The molecule has 0 saturated carbocycles. The average Bonchev–Trinajstić information content (AvgIpc) is 2.82. The number of hydrogen-bond acceptors (Lipinski definition) is 5. The van der Waals surface area contributed by atoms with Crippen LogP contribution < -0.4 is 19.5 Å². The van der Waals surface area contributed by atoms with Gasteiger partial charge in [-0.1, -0.05) is 18.2 Å². The lowest BCUT2D eigenvalue weighted by Crippen LogP contribution is -2.46. The van der Waals surface area contributed by atoms with E-state index in [4.69, 9.17) is 14.2 Å². The number of methoxy groups -OCH3 is 2. The smallest absolute Gasteiger partial charge is 0.253 e. The second kappa shape index (κ2) is 11.4. The molecule has 2 aromatic carbocycles. The van der Waals surface area contributed by atoms with Crippen molar-refractivity contribution < 1.29 is 23.8 Å². The zero-order valence-electron chi connectivity index (χ0n) is 19.1. The summed E-state index contributed by atoms with van der Waals surface area (Å²) in [6, 6.07) is 13.1. The van der Waals surface area contributed by atoms with Crippen LogP contribution in [0.4, 0.5) is 0 Å². The van der Waals surface area contributed by atoms with Crippen molar-refractivity contribution in [3.05, 3.63) is 53.6 Å². The number of aryl methyl sites for hydroxylation is 1. The lowest BCUT2D eigenvalue weighted by atomic mass is 10.0. The van der Waals surface area contributed by atoms with E-state index in [1.165, 1.54) is 0 Å². The largest absolute Gasteiger partial charge is 0.493 e. The van der Waals surface area contributed by atoms with Gasteiger partial charge in [0, 0.05) is 31.1 Å². The molecule has 0 spiro atoms. The van der Waals surface area contributed by atoms with Crippen molar-refractivity contribution in [3.8, 4) is 17.2 Å². The summed E-state index contributed by atoms with van der Waals surface area (Å²) in [7, 11) is 3.12. The van der Waals surface area contributed by atoms with Crippen molar-refractivity contribution in [1.82, 2.24) is 10.2 Å². The maximum Gasteiger partial charge on any atom is 0.253 e. The Morgan fingerprint density at radius 1 is 1.00 bits per heavy atom. The second-order valence-electron chi connectivity index (χ2n) is 7.92. The zero-order chi connectivity index (χ0) is 22.9. The fraction of sp³-hybridized carbons (Fsp3) is 0.440. The number of carbonyl (C=O) groups excluding carboxylic acids is 2. The van der Waals surface area contributed by atoms with Gasteiger partial charge in [0.15, 0.2) is 11.5 Å². The van der Waals surface area contributed by atoms with Crippen molar-refractivity contribution in [2.45, 2.75) is 38.6 Å². The van der Waals surface area contributed by atoms with Gasteiger partial charge in [-0.15, -0.1) is 0 Å². The first-order chi connectivity index (χ1) is 15.5. The van der Waals surface area contributed by atoms with Crippen LogP contribution in [0.25, 0.3) is 0 Å². The van der Waals surface area contributed by atoms with E-state index in [-0.39, 0.29) is 17.9 Å². The molecule has 7 nitrogen and oxygen atoms in total. The van der Waals surface area contributed by atoms with Gasteiger partial charge in [-0.05, 0) is 56.0 Å². The Bertz CT molecular complexity index is 922. The number of benzene rings is 2. The van der Waals surface area contributed by atoms with E-state index in [9.17, 15) is 9.59 Å². The fourth-order valence-corrected chi connectivity index (χ4v) is 3.81. The third-order valence-electron chi connectivity index (χ3n) is 5.68. The standard InChI is InChI=1S/C25H32N2O5/c1-18-7-4-5-8-21(18)32-16-6-9-24(28)26-20-12-14-27(15-13-20)25(29)19-10-11-22(30-2)23(17-19)31-3/h4-5,7-8,10-11,17,20H,6,9,12-16H2,1-3H3,(H,26,28). The summed E-state index contributed by atoms with van der Waals surface area (Å²) in [6.45, 7) is 3.73. The van der Waals surface area contributed by atoms with E-state index in [1.807, 2.05) is 36.1 Å². The number of para-hydroxylation sites is 1. The summed E-state index contributed by atoms with van der Waals surface area (Å²) >= 11 is 0. The molecule has 1 aliphatic heterocycles. The van der Waals surface area contributed by atoms with Crippen LogP contribution in [0.3, 0.4) is 0 Å². The molecule has 0 unspecified atom stereocenters. The lowest BCUT2D eigenvalue weighted by Gasteiger charge is -2.32. The quantitative estimate of drug-likeness (QED) is 0.603. The molecular formula is C25H32N2O5. The Labute approximate surface area is 189 Å². The Balaban J connectivity index is 1.39. The molecule has 1 N–H and O–H groups in total. The zero-order valence-corrected chi connectivity index (χ0v) is 19.1. The molecule has 0 radical (unpaired) electrons. The minimum absolute atomic E-state index is 0.0306. The highest BCUT2D eigenvalue weighted by Crippen LogP contribution is 2.28. The van der Waals surface area contributed by atoms with Crippen LogP contribution in [0.1, 0.15) is 41.6 Å². The van der Waals surface area contributed by atoms with E-state index in [2.05, 4.69) is 5.32 Å². The number of hydrogen-bond donors (Lipinski definition) is 1. The first-order valence-corrected chi connectivity index (χ1v) is 11.0. The van der Waals surface area contributed by atoms with Crippen molar-refractivity contribution in [2.24, 2.45) is 0 Å². The van der Waals surface area contributed by atoms with Crippen molar-refractivity contribution in [2.75, 3.05) is 33.9 Å². The van der Waals surface area contributed by atoms with Crippen LogP contribution >= 0.6 is 0 Å². The van der Waals surface area contributed by atoms with Gasteiger partial charge in [0.05, 0.1) is 20.8 Å². The summed E-state index contributed by atoms with van der Waals surface area (Å²) < 4.78 is 16.3. The molecule has 1 fully saturated rings. The molecule has 172 valence electrons. The molecule has 0 aliphatic carbocycles. The van der Waals surface area contributed by atoms with Crippen molar-refractivity contribution in [3.63, 3.8) is 0 Å². The Hall–Kier alpha value is -3.22. The summed E-state index contributed by atoms with van der Waals surface area (Å²) in [5.41, 5.74) is 1.66. The van der Waals surface area contributed by atoms with Crippen LogP contribution in [0.15, 0.2) is 42.5 Å². The van der Waals surface area contributed by atoms with Crippen molar-refractivity contribution in [1.29, 1.82) is 0 Å². The number of rotatable bonds is 9. The molecule has 0 bridgehead atoms. The van der Waals surface area contributed by atoms with Crippen LogP contribution in [0, 0.1) is 6.92 Å². The van der Waals surface area contributed by atoms with Crippen LogP contribution in [-0.2, 0) is 4.79 Å². The predicted molar refractivity (Wildman–Crippen MR) is 123 cm³/mol. The van der Waals surface area contributed by atoms with Gasteiger partial charge < -0.3 is 24.4 Å². The number of piperidine rings is 1. The summed E-state index contributed by atoms with van der Waals surface area (Å²) in [4.78, 5) is 26.9. The molecule has 1 saturated heterocycles. The molecule has 1 heterocycles. The van der Waals surface area contributed by atoms with Gasteiger partial charge >= 0.3 is 0 Å². The number of carbonyl (C=O) groups is 2. The van der Waals surface area contributed by atoms with Crippen LogP contribution in [-0.4, -0.2) is 56.7 Å². The second-order valence-corrected chi connectivity index (χ2v) is 7.92. The van der Waals surface area contributed by atoms with E-state index >= 15 is 0 Å². The predicted octanol–water partition coefficient (Wildman–Crippen LogP) is 3.59. The molecule has 7 heteroatoms. The highest BCUT2D eigenvalue weighted by molar-refractivity contribution is 5.95. The van der Waals surface area contributed by atoms with Crippen LogP contribution in [0.5, 0.6) is 17.2 Å². The van der Waals surface area contributed by atoms with E-state index in [0.29, 0.717) is 49.6 Å². The minimum atomic E-state index is -0.0379. The fourth-order valence-electron chi connectivity index (χ4n) is 3.81. The molecule has 2 amide bonds. The molecule has 0 aromatic heterocycles. The Morgan fingerprint density at radius 3 is 2.41 bits per heavy atom. The third-order valence-corrected chi connectivity index (χ3v) is 5.68. The van der Waals surface area contributed by atoms with Gasteiger partial charge in [0.25, 0.3) is 5.91 Å². The first kappa shape index (κ1) is 23.4. The third kappa shape index (κ3) is 6.15. The van der Waals surface area contributed by atoms with Crippen molar-refractivity contribution >= 4 is 11.8 Å². The Morgan fingerprint density at radius 2 is 1.72 bits per heavy atom. The summed E-state index contributed by atoms with van der Waals surface area (Å²) in [5, 5.41) is 3.09. The molecule has 2 aromatic rings.